The maximum absolute atomic E-state index is 12.8. The third-order valence-corrected chi connectivity index (χ3v) is 12.4. The minimum absolute atomic E-state index is 0. The van der Waals surface area contributed by atoms with Gasteiger partial charge in [-0.3, -0.25) is 43.4 Å². The van der Waals surface area contributed by atoms with Crippen LogP contribution in [0.1, 0.15) is 87.6 Å². The molecule has 3 aliphatic rings. The van der Waals surface area contributed by atoms with E-state index in [1.807, 2.05) is 136 Å². The van der Waals surface area contributed by atoms with E-state index in [-0.39, 0.29) is 40.0 Å². The number of benzene rings is 3. The Morgan fingerprint density at radius 2 is 0.744 bits per heavy atom. The molecule has 3 aliphatic heterocycles. The highest BCUT2D eigenvalue weighted by Gasteiger charge is 2.30. The van der Waals surface area contributed by atoms with Crippen molar-refractivity contribution < 1.29 is 28.6 Å². The van der Waals surface area contributed by atoms with Crippen molar-refractivity contribution in [1.82, 2.24) is 44.3 Å². The van der Waals surface area contributed by atoms with Crippen molar-refractivity contribution in [3.8, 4) is 17.2 Å². The van der Waals surface area contributed by atoms with E-state index in [0.717, 1.165) is 68.2 Å². The van der Waals surface area contributed by atoms with Crippen LogP contribution in [0, 0.1) is 20.8 Å². The number of rotatable bonds is 12. The van der Waals surface area contributed by atoms with Gasteiger partial charge < -0.3 is 28.9 Å². The molecule has 6 aromatic heterocycles. The normalized spacial score (nSPS) is 13.1. The van der Waals surface area contributed by atoms with Crippen LogP contribution < -0.4 is 28.9 Å². The number of hydrogen-bond acceptors (Lipinski definition) is 12. The molecule has 12 rings (SSSR count). The van der Waals surface area contributed by atoms with Gasteiger partial charge >= 0.3 is 0 Å². The van der Waals surface area contributed by atoms with Gasteiger partial charge in [0.15, 0.2) is 0 Å². The molecular weight excluding hydrogens is 985 g/mol. The first-order valence-electron chi connectivity index (χ1n) is 24.6. The number of nitrogens with zero attached hydrogens (tertiary/aromatic N) is 12. The summed E-state index contributed by atoms with van der Waals surface area (Å²) in [6.45, 7) is 10.6. The standard InChI is InChI=1S/3C19H18N4O2.3CH4/c2*1-14-9-16(12-20-11-14)22-7-8-23-18(19(22)24)10-15(21-23)13-25-17-5-3-2-4-6-17;1-14-7-8-16(12-20-14)22-9-10-23-18(19(22)24)11-15(21-23)13-25-17-5-3-2-4-6-17;;;/h2*2-6,9-12H,7-8,13H2,1H3;2-8,11-12H,9-10,13H2,1H3;3*1H4. The van der Waals surface area contributed by atoms with Crippen molar-refractivity contribution in [2.45, 2.75) is 82.5 Å². The molecule has 9 aromatic rings. The maximum Gasteiger partial charge on any atom is 0.276 e. The minimum Gasteiger partial charge on any atom is -0.487 e. The van der Waals surface area contributed by atoms with Gasteiger partial charge in [-0.05, 0) is 111 Å². The van der Waals surface area contributed by atoms with Gasteiger partial charge in [-0.2, -0.15) is 15.3 Å². The Balaban J connectivity index is 0.000000166. The van der Waals surface area contributed by atoms with Gasteiger partial charge in [-0.15, -0.1) is 0 Å². The Morgan fingerprint density at radius 1 is 0.397 bits per heavy atom. The lowest BCUT2D eigenvalue weighted by atomic mass is 10.2. The summed E-state index contributed by atoms with van der Waals surface area (Å²) in [6.07, 6.45) is 8.73. The van der Waals surface area contributed by atoms with Crippen LogP contribution >= 0.6 is 0 Å². The molecule has 18 heteroatoms. The highest BCUT2D eigenvalue weighted by Crippen LogP contribution is 2.26. The molecule has 18 nitrogen and oxygen atoms in total. The quantitative estimate of drug-likeness (QED) is 0.113. The first kappa shape index (κ1) is 56.3. The molecule has 402 valence electrons. The zero-order valence-electron chi connectivity index (χ0n) is 41.8. The maximum atomic E-state index is 12.8. The number of hydrogen-bond donors (Lipinski definition) is 0. The second-order valence-electron chi connectivity index (χ2n) is 18.0. The predicted octanol–water partition coefficient (Wildman–Crippen LogP) is 10.4. The van der Waals surface area contributed by atoms with Crippen LogP contribution in [0.15, 0.2) is 164 Å². The summed E-state index contributed by atoms with van der Waals surface area (Å²) in [4.78, 5) is 56.3. The highest BCUT2D eigenvalue weighted by atomic mass is 16.5. The lowest BCUT2D eigenvalue weighted by Gasteiger charge is -2.27. The molecule has 0 N–H and O–H groups in total. The molecule has 78 heavy (non-hydrogen) atoms. The average Bonchev–Trinajstić information content (AvgIpc) is 4.23. The molecule has 0 aliphatic carbocycles. The Morgan fingerprint density at radius 3 is 1.06 bits per heavy atom. The van der Waals surface area contributed by atoms with Crippen molar-refractivity contribution in [3.05, 3.63) is 215 Å². The van der Waals surface area contributed by atoms with Crippen molar-refractivity contribution in [2.24, 2.45) is 0 Å². The first-order chi connectivity index (χ1) is 36.6. The summed E-state index contributed by atoms with van der Waals surface area (Å²) >= 11 is 0. The van der Waals surface area contributed by atoms with E-state index in [9.17, 15) is 14.4 Å². The van der Waals surface area contributed by atoms with Gasteiger partial charge in [-0.25, -0.2) is 0 Å². The molecule has 0 bridgehead atoms. The van der Waals surface area contributed by atoms with E-state index in [1.165, 1.54) is 0 Å². The summed E-state index contributed by atoms with van der Waals surface area (Å²) in [5, 5.41) is 13.5. The molecule has 0 unspecified atom stereocenters. The largest absolute Gasteiger partial charge is 0.487 e. The van der Waals surface area contributed by atoms with Crippen molar-refractivity contribution in [3.63, 3.8) is 0 Å². The zero-order chi connectivity index (χ0) is 51.7. The first-order valence-corrected chi connectivity index (χ1v) is 24.6. The van der Waals surface area contributed by atoms with E-state index < -0.39 is 0 Å². The average molecular weight is 1050 g/mol. The minimum atomic E-state index is -0.0598. The van der Waals surface area contributed by atoms with Crippen molar-refractivity contribution in [2.75, 3.05) is 34.3 Å². The van der Waals surface area contributed by atoms with Crippen LogP contribution in [0.25, 0.3) is 0 Å². The summed E-state index contributed by atoms with van der Waals surface area (Å²) in [7, 11) is 0. The van der Waals surface area contributed by atoms with Crippen LogP contribution in [0.5, 0.6) is 17.2 Å². The lowest BCUT2D eigenvalue weighted by molar-refractivity contribution is 0.0954. The molecule has 9 heterocycles. The number of aromatic nitrogens is 9. The summed E-state index contributed by atoms with van der Waals surface area (Å²) in [6, 6.07) is 41.9. The third-order valence-electron chi connectivity index (χ3n) is 12.4. The Hall–Kier alpha value is -9.45. The fraction of sp³-hybridized carbons (Fsp3) is 0.250. The fourth-order valence-electron chi connectivity index (χ4n) is 8.71. The third kappa shape index (κ3) is 13.3. The van der Waals surface area contributed by atoms with Crippen molar-refractivity contribution >= 4 is 34.8 Å². The number of aryl methyl sites for hydroxylation is 3. The van der Waals surface area contributed by atoms with Gasteiger partial charge in [0.25, 0.3) is 17.7 Å². The van der Waals surface area contributed by atoms with E-state index in [0.29, 0.717) is 76.2 Å². The van der Waals surface area contributed by atoms with Crippen LogP contribution in [0.3, 0.4) is 0 Å². The summed E-state index contributed by atoms with van der Waals surface area (Å²) in [5.41, 5.74) is 9.42. The molecule has 3 amide bonds. The van der Waals surface area contributed by atoms with E-state index in [2.05, 4.69) is 30.2 Å². The Bertz CT molecular complexity index is 3270. The number of amides is 3. The van der Waals surface area contributed by atoms with Crippen LogP contribution in [-0.4, -0.2) is 81.6 Å². The van der Waals surface area contributed by atoms with E-state index >= 15 is 0 Å². The predicted molar refractivity (Wildman–Crippen MR) is 301 cm³/mol. The lowest BCUT2D eigenvalue weighted by Crippen LogP contribution is -2.40. The zero-order valence-corrected chi connectivity index (χ0v) is 41.8. The molecule has 0 spiro atoms. The number of pyridine rings is 3. The Kier molecular flexibility index (Phi) is 18.7. The van der Waals surface area contributed by atoms with Crippen LogP contribution in [0.4, 0.5) is 17.1 Å². The summed E-state index contributed by atoms with van der Waals surface area (Å²) < 4.78 is 22.4. The smallest absolute Gasteiger partial charge is 0.276 e. The molecule has 0 saturated heterocycles. The number of para-hydroxylation sites is 3. The molecule has 0 saturated carbocycles. The summed E-state index contributed by atoms with van der Waals surface area (Å²) in [5.74, 6) is 2.18. The van der Waals surface area contributed by atoms with Gasteiger partial charge in [0.05, 0.1) is 55.3 Å². The van der Waals surface area contributed by atoms with E-state index in [4.69, 9.17) is 14.2 Å². The second kappa shape index (κ2) is 25.9. The van der Waals surface area contributed by atoms with Gasteiger partial charge in [-0.1, -0.05) is 76.9 Å². The van der Waals surface area contributed by atoms with Gasteiger partial charge in [0, 0.05) is 37.7 Å². The van der Waals surface area contributed by atoms with Crippen molar-refractivity contribution in [1.29, 1.82) is 0 Å². The number of fused-ring (bicyclic) bond motifs is 3. The highest BCUT2D eigenvalue weighted by molar-refractivity contribution is 6.07. The number of ether oxygens (including phenoxy) is 3. The molecule has 0 fully saturated rings. The van der Waals surface area contributed by atoms with Gasteiger partial charge in [0.2, 0.25) is 0 Å². The number of carbonyl (C=O) groups is 3. The molecule has 0 atom stereocenters. The van der Waals surface area contributed by atoms with Gasteiger partial charge in [0.1, 0.15) is 71.2 Å². The number of anilines is 3. The van der Waals surface area contributed by atoms with Crippen LogP contribution in [-0.2, 0) is 39.5 Å². The van der Waals surface area contributed by atoms with Crippen LogP contribution in [0.2, 0.25) is 0 Å². The molecule has 3 aromatic carbocycles. The fourth-order valence-corrected chi connectivity index (χ4v) is 8.71. The molecule has 0 radical (unpaired) electrons. The SMILES string of the molecule is C.C.C.Cc1ccc(N2CCn3nc(COc4ccccc4)cc3C2=O)cn1.Cc1cncc(N2CCn3nc(COc4ccccc4)cc3C2=O)c1.Cc1cncc(N2CCn3nc(COc4ccccc4)cc3C2=O)c1. The number of carbonyl (C=O) groups excluding carboxylic acids is 3. The monoisotopic (exact) mass is 1050 g/mol. The Labute approximate surface area is 455 Å². The topological polar surface area (TPSA) is 181 Å². The molecular formula is C60H66N12O6. The van der Waals surface area contributed by atoms with E-state index in [1.54, 1.807) is 77.9 Å². The second-order valence-corrected chi connectivity index (χ2v) is 18.0.